The molecule has 3 unspecified atom stereocenters. The number of carbonyl (C=O) groups is 5. The predicted octanol–water partition coefficient (Wildman–Crippen LogP) is 6.71. The normalized spacial score (nSPS) is 27.8. The summed E-state index contributed by atoms with van der Waals surface area (Å²) in [4.78, 5) is 93.6. The average molecular weight is 1020 g/mol. The molecule has 3 aromatic heterocycles. The zero-order valence-corrected chi connectivity index (χ0v) is 44.0. The maximum atomic E-state index is 15.4. The molecule has 6 saturated heterocycles. The Morgan fingerprint density at radius 2 is 1.56 bits per heavy atom. The van der Waals surface area contributed by atoms with Crippen molar-refractivity contribution in [2.75, 3.05) is 67.5 Å². The highest BCUT2D eigenvalue weighted by atomic mass is 16.5. The van der Waals surface area contributed by atoms with Crippen molar-refractivity contribution >= 4 is 57.9 Å². The molecule has 0 radical (unpaired) electrons. The Morgan fingerprint density at radius 1 is 0.827 bits per heavy atom. The molecule has 75 heavy (non-hydrogen) atoms. The molecule has 4 aromatic rings. The van der Waals surface area contributed by atoms with Crippen molar-refractivity contribution in [2.45, 2.75) is 165 Å². The SMILES string of the molecule is CC(C)n1cnc2cc(-c3ccc4c(c3)N([C@H]3C[C@@H](N5CC6CCC(C5)O6)C3)C(=O)C43CCN(C(=O)C4(C)CCN(C(=O)CC5CCN(c6ccc(C7CCC(=O)NC7=O)cn6)CC5)CC4)CC3)nc(NC3CC3)c21. The first kappa shape index (κ1) is 48.7. The van der Waals surface area contributed by atoms with Crippen molar-refractivity contribution < 1.29 is 28.7 Å². The van der Waals surface area contributed by atoms with Gasteiger partial charge in [0, 0.05) is 112 Å². The van der Waals surface area contributed by atoms with Crippen molar-refractivity contribution in [3.63, 3.8) is 0 Å². The third-order valence-electron chi connectivity index (χ3n) is 19.2. The van der Waals surface area contributed by atoms with Crippen molar-refractivity contribution in [3.8, 4) is 11.3 Å². The fourth-order valence-electron chi connectivity index (χ4n) is 14.2. The van der Waals surface area contributed by atoms with Crippen LogP contribution in [0.3, 0.4) is 0 Å². The highest BCUT2D eigenvalue weighted by molar-refractivity contribution is 6.09. The Hall–Kier alpha value is -5.94. The van der Waals surface area contributed by atoms with E-state index in [1.54, 1.807) is 6.20 Å². The molecule has 2 bridgehead atoms. The molecule has 9 aliphatic rings. The summed E-state index contributed by atoms with van der Waals surface area (Å²) in [7, 11) is 0. The maximum absolute atomic E-state index is 15.4. The Balaban J connectivity index is 0.658. The third-order valence-corrected chi connectivity index (χ3v) is 19.2. The second-order valence-corrected chi connectivity index (χ2v) is 24.4. The van der Waals surface area contributed by atoms with Gasteiger partial charge in [-0.15, -0.1) is 0 Å². The highest BCUT2D eigenvalue weighted by Crippen LogP contribution is 2.53. The Kier molecular flexibility index (Phi) is 12.3. The van der Waals surface area contributed by atoms with Gasteiger partial charge in [-0.05, 0) is 133 Å². The number of carbonyl (C=O) groups excluding carboxylic acids is 5. The fourth-order valence-corrected chi connectivity index (χ4v) is 14.2. The summed E-state index contributed by atoms with van der Waals surface area (Å²) in [6.07, 6.45) is 16.3. The molecule has 10 heterocycles. The largest absolute Gasteiger partial charge is 0.372 e. The first-order valence-corrected chi connectivity index (χ1v) is 28.4. The number of amides is 5. The van der Waals surface area contributed by atoms with Crippen LogP contribution in [-0.4, -0.2) is 146 Å². The van der Waals surface area contributed by atoms with Crippen LogP contribution in [-0.2, 0) is 34.1 Å². The number of hydrogen-bond donors (Lipinski definition) is 2. The lowest BCUT2D eigenvalue weighted by molar-refractivity contribution is -0.149. The van der Waals surface area contributed by atoms with Crippen LogP contribution in [0.25, 0.3) is 22.3 Å². The predicted molar refractivity (Wildman–Crippen MR) is 284 cm³/mol. The molecule has 396 valence electrons. The average Bonchev–Trinajstić information content (AvgIpc) is 3.94. The molecule has 2 aliphatic carbocycles. The van der Waals surface area contributed by atoms with Gasteiger partial charge in [-0.25, -0.2) is 15.0 Å². The van der Waals surface area contributed by atoms with Crippen LogP contribution in [0.2, 0.25) is 0 Å². The van der Waals surface area contributed by atoms with E-state index in [1.807, 2.05) is 28.3 Å². The van der Waals surface area contributed by atoms with Crippen molar-refractivity contribution in [1.82, 2.24) is 39.5 Å². The summed E-state index contributed by atoms with van der Waals surface area (Å²) in [5.41, 5.74) is 5.39. The molecule has 17 nitrogen and oxygen atoms in total. The quantitative estimate of drug-likeness (QED) is 0.152. The lowest BCUT2D eigenvalue weighted by atomic mass is 9.72. The lowest BCUT2D eigenvalue weighted by Crippen LogP contribution is -2.60. The number of imidazole rings is 1. The smallest absolute Gasteiger partial charge is 0.238 e. The molecule has 5 amide bonds. The first-order valence-electron chi connectivity index (χ1n) is 28.4. The maximum Gasteiger partial charge on any atom is 0.238 e. The van der Waals surface area contributed by atoms with Crippen LogP contribution >= 0.6 is 0 Å². The summed E-state index contributed by atoms with van der Waals surface area (Å²) in [5.74, 6) is 1.68. The van der Waals surface area contributed by atoms with Gasteiger partial charge in [0.2, 0.25) is 29.5 Å². The number of morpholine rings is 1. The van der Waals surface area contributed by atoms with E-state index >= 15 is 4.79 Å². The van der Waals surface area contributed by atoms with E-state index < -0.39 is 10.8 Å². The van der Waals surface area contributed by atoms with E-state index in [1.165, 1.54) is 0 Å². The van der Waals surface area contributed by atoms with Gasteiger partial charge in [-0.3, -0.25) is 34.2 Å². The van der Waals surface area contributed by atoms with Crippen LogP contribution in [0.1, 0.15) is 140 Å². The van der Waals surface area contributed by atoms with Gasteiger partial charge < -0.3 is 34.2 Å². The molecule has 1 aromatic carbocycles. The van der Waals surface area contributed by atoms with Crippen LogP contribution in [0.15, 0.2) is 48.9 Å². The van der Waals surface area contributed by atoms with Crippen LogP contribution in [0.4, 0.5) is 17.3 Å². The summed E-state index contributed by atoms with van der Waals surface area (Å²) in [5, 5.41) is 6.14. The fraction of sp³-hybridized carbons (Fsp3) is 0.621. The molecule has 7 aliphatic heterocycles. The monoisotopic (exact) mass is 1020 g/mol. The van der Waals surface area contributed by atoms with Crippen LogP contribution < -0.4 is 20.4 Å². The summed E-state index contributed by atoms with van der Waals surface area (Å²) < 4.78 is 8.40. The van der Waals surface area contributed by atoms with Gasteiger partial charge in [0.15, 0.2) is 5.82 Å². The standard InChI is InChI=1S/C58H73N11O6/c1-35(2)68-34-60-47-30-46(62-53(52(47)68)61-39-6-7-39)37-4-11-45-48(27-37)69(41-28-40(29-41)67-32-42-8-9-43(33-67)75-42)56(74)58(45)18-24-66(25-19-58)55(73)57(3)16-22-65(23-17-57)51(71)26-36-14-20-64(21-15-36)49-12-5-38(31-59-49)44-10-13-50(70)63-54(44)72/h4-5,11-12,27,30-31,34-36,39-44H,6-10,13-26,28-29,32-33H2,1-3H3,(H,61,62)(H,63,70,72)/t40-,41+,42?,43?,44?. The van der Waals surface area contributed by atoms with E-state index in [4.69, 9.17) is 14.7 Å². The first-order chi connectivity index (χ1) is 36.3. The van der Waals surface area contributed by atoms with Crippen molar-refractivity contribution in [2.24, 2.45) is 11.3 Å². The van der Waals surface area contributed by atoms with Gasteiger partial charge in [0.25, 0.3) is 0 Å². The van der Waals surface area contributed by atoms with E-state index in [9.17, 15) is 19.2 Å². The van der Waals surface area contributed by atoms with Crippen LogP contribution in [0, 0.1) is 11.3 Å². The number of hydrogen-bond acceptors (Lipinski definition) is 12. The number of pyridine rings is 2. The number of nitrogens with one attached hydrogen (secondary N) is 2. The molecule has 1 spiro atoms. The van der Waals surface area contributed by atoms with E-state index in [0.29, 0.717) is 95.4 Å². The molecule has 8 fully saturated rings. The van der Waals surface area contributed by atoms with Gasteiger partial charge >= 0.3 is 0 Å². The number of imide groups is 1. The Morgan fingerprint density at radius 3 is 2.24 bits per heavy atom. The van der Waals surface area contributed by atoms with Crippen molar-refractivity contribution in [3.05, 3.63) is 60.0 Å². The van der Waals surface area contributed by atoms with Gasteiger partial charge in [-0.2, -0.15) is 0 Å². The number of benzene rings is 1. The number of likely N-dealkylation sites (tertiary alicyclic amines) is 3. The molecule has 13 rings (SSSR count). The molecule has 2 N–H and O–H groups in total. The summed E-state index contributed by atoms with van der Waals surface area (Å²) >= 11 is 0. The van der Waals surface area contributed by atoms with E-state index in [0.717, 1.165) is 128 Å². The zero-order valence-electron chi connectivity index (χ0n) is 44.0. The van der Waals surface area contributed by atoms with Crippen molar-refractivity contribution in [1.29, 1.82) is 0 Å². The minimum atomic E-state index is -0.703. The number of piperidine rings is 4. The van der Waals surface area contributed by atoms with E-state index in [2.05, 4.69) is 79.9 Å². The van der Waals surface area contributed by atoms with Gasteiger partial charge in [0.1, 0.15) is 11.3 Å². The van der Waals surface area contributed by atoms with Gasteiger partial charge in [0.05, 0.1) is 41.1 Å². The molecular weight excluding hydrogens is 947 g/mol. The molecular formula is C58H73N11O6. The second-order valence-electron chi connectivity index (χ2n) is 24.4. The Labute approximate surface area is 439 Å². The number of fused-ring (bicyclic) bond motifs is 5. The third kappa shape index (κ3) is 8.86. The number of anilines is 3. The minimum absolute atomic E-state index is 0.107. The molecule has 3 atom stereocenters. The van der Waals surface area contributed by atoms with Gasteiger partial charge in [-0.1, -0.05) is 25.1 Å². The number of rotatable bonds is 11. The van der Waals surface area contributed by atoms with Crippen LogP contribution in [0.5, 0.6) is 0 Å². The number of aromatic nitrogens is 4. The number of nitrogens with zero attached hydrogens (tertiary/aromatic N) is 9. The summed E-state index contributed by atoms with van der Waals surface area (Å²) in [6.45, 7) is 12.2. The molecule has 2 saturated carbocycles. The van der Waals surface area contributed by atoms with E-state index in [-0.39, 0.29) is 53.5 Å². The molecule has 17 heteroatoms. The lowest BCUT2D eigenvalue weighted by Gasteiger charge is -2.49. The Bertz CT molecular complexity index is 2890. The zero-order chi connectivity index (χ0) is 51.3. The minimum Gasteiger partial charge on any atom is -0.372 e. The number of ether oxygens (including phenoxy) is 1. The summed E-state index contributed by atoms with van der Waals surface area (Å²) in [6, 6.07) is 13.8. The second kappa shape index (κ2) is 19.0. The highest BCUT2D eigenvalue weighted by Gasteiger charge is 2.57. The topological polar surface area (TPSA) is 178 Å².